The van der Waals surface area contributed by atoms with Gasteiger partial charge in [-0.1, -0.05) is 72.8 Å². The van der Waals surface area contributed by atoms with Crippen molar-refractivity contribution in [1.82, 2.24) is 19.1 Å². The van der Waals surface area contributed by atoms with Gasteiger partial charge >= 0.3 is 0 Å². The normalized spacial score (nSPS) is 11.9. The molecule has 0 N–H and O–H groups in total. The zero-order chi connectivity index (χ0) is 25.4. The maximum atomic E-state index is 4.57. The van der Waals surface area contributed by atoms with Gasteiger partial charge in [0.2, 0.25) is 0 Å². The third-order valence-electron chi connectivity index (χ3n) is 7.93. The first-order valence-electron chi connectivity index (χ1n) is 12.9. The first-order chi connectivity index (χ1) is 18.7. The molecule has 2 aromatic heterocycles. The van der Waals surface area contributed by atoms with Crippen LogP contribution in [0, 0.1) is 0 Å². The lowest BCUT2D eigenvalue weighted by Crippen LogP contribution is -1.90. The average Bonchev–Trinajstić information content (AvgIpc) is 3.55. The molecule has 0 bridgehead atoms. The summed E-state index contributed by atoms with van der Waals surface area (Å²) in [6.45, 7) is 0. The molecule has 0 fully saturated rings. The van der Waals surface area contributed by atoms with Crippen LogP contribution in [0.4, 0.5) is 0 Å². The third kappa shape index (κ3) is 2.91. The van der Waals surface area contributed by atoms with Crippen LogP contribution in [0.2, 0.25) is 0 Å². The number of nitrogens with zero attached hydrogens (tertiary/aromatic N) is 4. The van der Waals surface area contributed by atoms with Crippen LogP contribution in [-0.2, 0) is 14.1 Å². The van der Waals surface area contributed by atoms with E-state index in [0.717, 1.165) is 22.1 Å². The smallest absolute Gasteiger partial charge is 0.0955 e. The highest BCUT2D eigenvalue weighted by Gasteiger charge is 2.14. The average molecular weight is 489 g/mol. The van der Waals surface area contributed by atoms with E-state index in [9.17, 15) is 0 Å². The summed E-state index contributed by atoms with van der Waals surface area (Å²) < 4.78 is 4.22. The largest absolute Gasteiger partial charge is 0.333 e. The molecule has 180 valence electrons. The lowest BCUT2D eigenvalue weighted by atomic mass is 9.90. The monoisotopic (exact) mass is 488 g/mol. The summed E-state index contributed by atoms with van der Waals surface area (Å²) in [5.74, 6) is 0. The molecule has 6 aromatic carbocycles. The van der Waals surface area contributed by atoms with E-state index in [1.807, 2.05) is 12.7 Å². The summed E-state index contributed by atoms with van der Waals surface area (Å²) in [6.07, 6.45) is 3.78. The van der Waals surface area contributed by atoms with Gasteiger partial charge in [-0.25, -0.2) is 9.97 Å². The predicted octanol–water partition coefficient (Wildman–Crippen LogP) is 8.25. The van der Waals surface area contributed by atoms with Crippen molar-refractivity contribution in [1.29, 1.82) is 0 Å². The summed E-state index contributed by atoms with van der Waals surface area (Å²) in [4.78, 5) is 9.14. The summed E-state index contributed by atoms with van der Waals surface area (Å²) in [5, 5.41) is 7.61. The Labute approximate surface area is 219 Å². The van der Waals surface area contributed by atoms with E-state index in [1.165, 1.54) is 54.6 Å². The third-order valence-corrected chi connectivity index (χ3v) is 7.93. The Morgan fingerprint density at radius 1 is 0.447 bits per heavy atom. The molecule has 0 aliphatic carbocycles. The van der Waals surface area contributed by atoms with Crippen LogP contribution in [-0.4, -0.2) is 19.1 Å². The van der Waals surface area contributed by atoms with Gasteiger partial charge in [0.05, 0.1) is 34.7 Å². The number of fused-ring (bicyclic) bond motifs is 8. The van der Waals surface area contributed by atoms with Crippen molar-refractivity contribution in [3.63, 3.8) is 0 Å². The molecule has 0 saturated heterocycles. The molecule has 0 atom stereocenters. The van der Waals surface area contributed by atoms with Crippen molar-refractivity contribution in [3.05, 3.63) is 110 Å². The Morgan fingerprint density at radius 3 is 1.37 bits per heavy atom. The fourth-order valence-corrected chi connectivity index (χ4v) is 6.18. The molecule has 0 radical (unpaired) electrons. The van der Waals surface area contributed by atoms with Crippen LogP contribution in [0.5, 0.6) is 0 Å². The summed E-state index contributed by atoms with van der Waals surface area (Å²) in [7, 11) is 4.12. The van der Waals surface area contributed by atoms with Crippen LogP contribution in [0.1, 0.15) is 0 Å². The zero-order valence-corrected chi connectivity index (χ0v) is 21.2. The minimum atomic E-state index is 1.02. The number of rotatable bonds is 2. The maximum absolute atomic E-state index is 4.57. The maximum Gasteiger partial charge on any atom is 0.0955 e. The van der Waals surface area contributed by atoms with E-state index in [4.69, 9.17) is 0 Å². The summed E-state index contributed by atoms with van der Waals surface area (Å²) in [6, 6.07) is 35.3. The van der Waals surface area contributed by atoms with Crippen molar-refractivity contribution < 1.29 is 0 Å². The molecular weight excluding hydrogens is 464 g/mol. The molecule has 8 rings (SSSR count). The molecule has 4 heteroatoms. The van der Waals surface area contributed by atoms with Crippen LogP contribution in [0.25, 0.3) is 76.6 Å². The molecule has 0 aliphatic rings. The van der Waals surface area contributed by atoms with E-state index in [2.05, 4.69) is 130 Å². The molecule has 0 spiro atoms. The van der Waals surface area contributed by atoms with Crippen molar-refractivity contribution >= 4 is 54.4 Å². The Morgan fingerprint density at radius 2 is 0.895 bits per heavy atom. The lowest BCUT2D eigenvalue weighted by Gasteiger charge is -2.14. The molecular formula is C34H24N4. The first-order valence-corrected chi connectivity index (χ1v) is 12.9. The van der Waals surface area contributed by atoms with E-state index in [-0.39, 0.29) is 0 Å². The lowest BCUT2D eigenvalue weighted by molar-refractivity contribution is 0.948. The van der Waals surface area contributed by atoms with E-state index >= 15 is 0 Å². The van der Waals surface area contributed by atoms with Crippen LogP contribution >= 0.6 is 0 Å². The number of imidazole rings is 2. The van der Waals surface area contributed by atoms with Gasteiger partial charge in [-0.2, -0.15) is 0 Å². The SMILES string of the molecule is Cn1cnc2cccc(-c3ccc4c5ccc(-c6cccc7ncn(C)c67)cc5c5ccccc5c4c3)c21. The van der Waals surface area contributed by atoms with E-state index in [1.54, 1.807) is 0 Å². The molecule has 0 amide bonds. The Bertz CT molecular complexity index is 2040. The number of hydrogen-bond acceptors (Lipinski definition) is 2. The molecule has 8 aromatic rings. The zero-order valence-electron chi connectivity index (χ0n) is 21.2. The highest BCUT2D eigenvalue weighted by molar-refractivity contribution is 6.26. The van der Waals surface area contributed by atoms with Crippen molar-refractivity contribution in [3.8, 4) is 22.3 Å². The fraction of sp³-hybridized carbons (Fsp3) is 0.0588. The van der Waals surface area contributed by atoms with E-state index < -0.39 is 0 Å². The molecule has 2 heterocycles. The quantitative estimate of drug-likeness (QED) is 0.230. The van der Waals surface area contributed by atoms with Gasteiger partial charge in [0.25, 0.3) is 0 Å². The van der Waals surface area contributed by atoms with Gasteiger partial charge in [0.1, 0.15) is 0 Å². The number of para-hydroxylation sites is 2. The highest BCUT2D eigenvalue weighted by Crippen LogP contribution is 2.40. The minimum Gasteiger partial charge on any atom is -0.333 e. The second kappa shape index (κ2) is 7.77. The minimum absolute atomic E-state index is 1.02. The molecule has 0 aliphatic heterocycles. The fourth-order valence-electron chi connectivity index (χ4n) is 6.18. The van der Waals surface area contributed by atoms with Gasteiger partial charge in [-0.15, -0.1) is 0 Å². The molecule has 4 nitrogen and oxygen atoms in total. The van der Waals surface area contributed by atoms with Crippen molar-refractivity contribution in [2.45, 2.75) is 0 Å². The van der Waals surface area contributed by atoms with Crippen molar-refractivity contribution in [2.24, 2.45) is 14.1 Å². The molecule has 0 saturated carbocycles. The molecule has 38 heavy (non-hydrogen) atoms. The summed E-state index contributed by atoms with van der Waals surface area (Å²) in [5.41, 5.74) is 9.17. The van der Waals surface area contributed by atoms with Crippen molar-refractivity contribution in [2.75, 3.05) is 0 Å². The summed E-state index contributed by atoms with van der Waals surface area (Å²) >= 11 is 0. The van der Waals surface area contributed by atoms with Gasteiger partial charge in [0.15, 0.2) is 0 Å². The Hall–Kier alpha value is -4.96. The van der Waals surface area contributed by atoms with Gasteiger partial charge < -0.3 is 9.13 Å². The van der Waals surface area contributed by atoms with Crippen LogP contribution in [0.15, 0.2) is 110 Å². The second-order valence-corrected chi connectivity index (χ2v) is 10.1. The van der Waals surface area contributed by atoms with Crippen LogP contribution in [0.3, 0.4) is 0 Å². The Balaban J connectivity index is 1.42. The number of benzene rings is 6. The predicted molar refractivity (Wildman–Crippen MR) is 158 cm³/mol. The van der Waals surface area contributed by atoms with Crippen LogP contribution < -0.4 is 0 Å². The number of aromatic nitrogens is 4. The highest BCUT2D eigenvalue weighted by atomic mass is 15.0. The van der Waals surface area contributed by atoms with Gasteiger partial charge in [0, 0.05) is 25.2 Å². The first kappa shape index (κ1) is 21.2. The standard InChI is InChI=1S/C34H24N4/c1-37-19-35-31-11-5-9-23(33(31)37)21-13-15-27-28-16-14-22(24-10-6-12-32-34(24)38(2)20-36-32)18-30(28)26-8-4-3-7-25(26)29(27)17-21/h3-20H,1-2H3. The topological polar surface area (TPSA) is 35.6 Å². The Kier molecular flexibility index (Phi) is 4.32. The number of aryl methyl sites for hydroxylation is 2. The number of hydrogen-bond donors (Lipinski definition) is 0. The van der Waals surface area contributed by atoms with Gasteiger partial charge in [-0.3, -0.25) is 0 Å². The second-order valence-electron chi connectivity index (χ2n) is 10.1. The van der Waals surface area contributed by atoms with Gasteiger partial charge in [-0.05, 0) is 67.7 Å². The van der Waals surface area contributed by atoms with E-state index in [0.29, 0.717) is 0 Å². The molecule has 0 unspecified atom stereocenters.